The van der Waals surface area contributed by atoms with E-state index in [0.29, 0.717) is 17.9 Å². The summed E-state index contributed by atoms with van der Waals surface area (Å²) in [5.74, 6) is -1.20. The van der Waals surface area contributed by atoms with Gasteiger partial charge in [-0.25, -0.2) is 0 Å². The van der Waals surface area contributed by atoms with Gasteiger partial charge in [-0.15, -0.1) is 0 Å². The Balaban J connectivity index is 2.80. The van der Waals surface area contributed by atoms with Gasteiger partial charge < -0.3 is 14.9 Å². The molecule has 4 heteroatoms. The van der Waals surface area contributed by atoms with Crippen LogP contribution in [0.2, 0.25) is 0 Å². The van der Waals surface area contributed by atoms with Gasteiger partial charge in [0, 0.05) is 0 Å². The van der Waals surface area contributed by atoms with Crippen molar-refractivity contribution in [1.29, 1.82) is 0 Å². The van der Waals surface area contributed by atoms with Gasteiger partial charge in [0.2, 0.25) is 0 Å². The fourth-order valence-electron chi connectivity index (χ4n) is 1.43. The van der Waals surface area contributed by atoms with E-state index in [9.17, 15) is 9.90 Å². The van der Waals surface area contributed by atoms with Gasteiger partial charge in [0.25, 0.3) is 0 Å². The van der Waals surface area contributed by atoms with Crippen molar-refractivity contribution in [2.75, 3.05) is 6.61 Å². The van der Waals surface area contributed by atoms with Crippen LogP contribution in [0.1, 0.15) is 31.9 Å². The molecule has 1 rings (SSSR count). The summed E-state index contributed by atoms with van der Waals surface area (Å²) in [6.07, 6.45) is -0.115. The molecule has 94 valence electrons. The SMILES string of the molecule is CCCOc1cccc(C(O)C(C)C(=O)O)c1. The molecule has 0 fully saturated rings. The van der Waals surface area contributed by atoms with Gasteiger partial charge in [-0.05, 0) is 31.0 Å². The van der Waals surface area contributed by atoms with Crippen molar-refractivity contribution in [3.63, 3.8) is 0 Å². The second-order valence-corrected chi connectivity index (χ2v) is 3.99. The quantitative estimate of drug-likeness (QED) is 0.797. The van der Waals surface area contributed by atoms with Crippen molar-refractivity contribution >= 4 is 5.97 Å². The first-order valence-electron chi connectivity index (χ1n) is 5.70. The molecule has 0 bridgehead atoms. The molecule has 2 atom stereocenters. The van der Waals surface area contributed by atoms with Crippen LogP contribution in [-0.4, -0.2) is 22.8 Å². The molecular weight excluding hydrogens is 220 g/mol. The van der Waals surface area contributed by atoms with E-state index < -0.39 is 18.0 Å². The van der Waals surface area contributed by atoms with Gasteiger partial charge in [-0.2, -0.15) is 0 Å². The molecule has 0 aliphatic heterocycles. The van der Waals surface area contributed by atoms with Crippen LogP contribution in [0.25, 0.3) is 0 Å². The number of benzene rings is 1. The monoisotopic (exact) mass is 238 g/mol. The van der Waals surface area contributed by atoms with Crippen LogP contribution in [0.4, 0.5) is 0 Å². The van der Waals surface area contributed by atoms with Gasteiger partial charge in [-0.1, -0.05) is 19.1 Å². The van der Waals surface area contributed by atoms with E-state index in [0.717, 1.165) is 6.42 Å². The van der Waals surface area contributed by atoms with Crippen LogP contribution in [0.3, 0.4) is 0 Å². The van der Waals surface area contributed by atoms with E-state index >= 15 is 0 Å². The molecule has 1 aromatic rings. The molecule has 0 heterocycles. The van der Waals surface area contributed by atoms with E-state index in [4.69, 9.17) is 9.84 Å². The van der Waals surface area contributed by atoms with Gasteiger partial charge >= 0.3 is 5.97 Å². The molecule has 1 aromatic carbocycles. The highest BCUT2D eigenvalue weighted by Crippen LogP contribution is 2.25. The Labute approximate surface area is 101 Å². The number of ether oxygens (including phenoxy) is 1. The van der Waals surface area contributed by atoms with Crippen LogP contribution in [-0.2, 0) is 4.79 Å². The predicted octanol–water partition coefficient (Wildman–Crippen LogP) is 2.23. The van der Waals surface area contributed by atoms with Crippen molar-refractivity contribution in [2.24, 2.45) is 5.92 Å². The molecule has 2 N–H and O–H groups in total. The molecule has 4 nitrogen and oxygen atoms in total. The second-order valence-electron chi connectivity index (χ2n) is 3.99. The van der Waals surface area contributed by atoms with E-state index in [2.05, 4.69) is 0 Å². The zero-order valence-corrected chi connectivity index (χ0v) is 10.1. The summed E-state index contributed by atoms with van der Waals surface area (Å²) >= 11 is 0. The summed E-state index contributed by atoms with van der Waals surface area (Å²) in [5, 5.41) is 18.7. The smallest absolute Gasteiger partial charge is 0.309 e. The van der Waals surface area contributed by atoms with Gasteiger partial charge in [0.1, 0.15) is 5.75 Å². The molecule has 0 saturated carbocycles. The van der Waals surface area contributed by atoms with Crippen LogP contribution >= 0.6 is 0 Å². The Bertz CT molecular complexity index is 375. The molecule has 0 aliphatic rings. The van der Waals surface area contributed by atoms with Crippen molar-refractivity contribution in [1.82, 2.24) is 0 Å². The molecule has 0 amide bonds. The van der Waals surface area contributed by atoms with Crippen LogP contribution in [0.5, 0.6) is 5.75 Å². The number of hydrogen-bond donors (Lipinski definition) is 2. The van der Waals surface area contributed by atoms with Crippen LogP contribution in [0, 0.1) is 5.92 Å². The standard InChI is InChI=1S/C13H18O4/c1-3-7-17-11-6-4-5-10(8-11)12(14)9(2)13(15)16/h4-6,8-9,12,14H,3,7H2,1-2H3,(H,15,16). The largest absolute Gasteiger partial charge is 0.494 e. The number of aliphatic hydroxyl groups excluding tert-OH is 1. The Morgan fingerprint density at radius 3 is 2.76 bits per heavy atom. The van der Waals surface area contributed by atoms with Crippen molar-refractivity contribution in [3.8, 4) is 5.75 Å². The molecule has 0 aliphatic carbocycles. The molecule has 2 unspecified atom stereocenters. The molecule has 0 aromatic heterocycles. The minimum Gasteiger partial charge on any atom is -0.494 e. The van der Waals surface area contributed by atoms with E-state index in [-0.39, 0.29) is 0 Å². The van der Waals surface area contributed by atoms with Gasteiger partial charge in [0.15, 0.2) is 0 Å². The maximum atomic E-state index is 10.8. The summed E-state index contributed by atoms with van der Waals surface area (Å²) in [6.45, 7) is 4.09. The van der Waals surface area contributed by atoms with Crippen molar-refractivity contribution in [3.05, 3.63) is 29.8 Å². The second kappa shape index (κ2) is 6.25. The minimum absolute atomic E-state index is 0.563. The summed E-state index contributed by atoms with van der Waals surface area (Å²) in [4.78, 5) is 10.8. The lowest BCUT2D eigenvalue weighted by atomic mass is 9.97. The number of hydrogen-bond acceptors (Lipinski definition) is 3. The fourth-order valence-corrected chi connectivity index (χ4v) is 1.43. The molecule has 0 saturated heterocycles. The van der Waals surface area contributed by atoms with E-state index in [1.165, 1.54) is 6.92 Å². The van der Waals surface area contributed by atoms with Crippen LogP contribution < -0.4 is 4.74 Å². The Hall–Kier alpha value is -1.55. The molecule has 0 radical (unpaired) electrons. The number of aliphatic carboxylic acids is 1. The lowest BCUT2D eigenvalue weighted by Crippen LogP contribution is -2.18. The first kappa shape index (κ1) is 13.5. The number of rotatable bonds is 6. The highest BCUT2D eigenvalue weighted by molar-refractivity contribution is 5.70. The average Bonchev–Trinajstić information content (AvgIpc) is 2.34. The number of carboxylic acids is 1. The number of carbonyl (C=O) groups is 1. The average molecular weight is 238 g/mol. The highest BCUT2D eigenvalue weighted by atomic mass is 16.5. The third-order valence-electron chi connectivity index (χ3n) is 2.54. The Morgan fingerprint density at radius 1 is 1.47 bits per heavy atom. The first-order valence-corrected chi connectivity index (χ1v) is 5.70. The van der Waals surface area contributed by atoms with Crippen LogP contribution in [0.15, 0.2) is 24.3 Å². The Morgan fingerprint density at radius 2 is 2.18 bits per heavy atom. The molecule has 0 spiro atoms. The summed E-state index contributed by atoms with van der Waals surface area (Å²) in [5.41, 5.74) is 0.563. The third-order valence-corrected chi connectivity index (χ3v) is 2.54. The predicted molar refractivity (Wildman–Crippen MR) is 64.0 cm³/mol. The normalized spacial score (nSPS) is 14.1. The summed E-state index contributed by atoms with van der Waals surface area (Å²) < 4.78 is 5.43. The Kier molecular flexibility index (Phi) is 4.97. The number of aliphatic hydroxyl groups is 1. The van der Waals surface area contributed by atoms with Gasteiger partial charge in [-0.3, -0.25) is 4.79 Å². The lowest BCUT2D eigenvalue weighted by molar-refractivity contribution is -0.145. The van der Waals surface area contributed by atoms with E-state index in [1.54, 1.807) is 24.3 Å². The fraction of sp³-hybridized carbons (Fsp3) is 0.462. The molecular formula is C13H18O4. The van der Waals surface area contributed by atoms with Gasteiger partial charge in [0.05, 0.1) is 18.6 Å². The summed E-state index contributed by atoms with van der Waals surface area (Å²) in [6, 6.07) is 6.91. The van der Waals surface area contributed by atoms with Crippen molar-refractivity contribution in [2.45, 2.75) is 26.4 Å². The van der Waals surface area contributed by atoms with E-state index in [1.807, 2.05) is 6.92 Å². The zero-order valence-electron chi connectivity index (χ0n) is 10.1. The molecule has 17 heavy (non-hydrogen) atoms. The summed E-state index contributed by atoms with van der Waals surface area (Å²) in [7, 11) is 0. The first-order chi connectivity index (χ1) is 8.06. The highest BCUT2D eigenvalue weighted by Gasteiger charge is 2.22. The minimum atomic E-state index is -1.02. The topological polar surface area (TPSA) is 66.8 Å². The van der Waals surface area contributed by atoms with Crippen molar-refractivity contribution < 1.29 is 19.7 Å². The maximum Gasteiger partial charge on any atom is 0.309 e. The lowest BCUT2D eigenvalue weighted by Gasteiger charge is -2.16. The zero-order chi connectivity index (χ0) is 12.8. The third kappa shape index (κ3) is 3.75. The maximum absolute atomic E-state index is 10.8. The number of carboxylic acid groups (broad SMARTS) is 1.